The Morgan fingerprint density at radius 3 is 2.59 bits per heavy atom. The number of hydrogen-bond donors (Lipinski definition) is 2. The van der Waals surface area contributed by atoms with Gasteiger partial charge in [0.05, 0.1) is 16.8 Å². The third-order valence-electron chi connectivity index (χ3n) is 4.50. The van der Waals surface area contributed by atoms with Gasteiger partial charge in [-0.3, -0.25) is 4.79 Å². The number of unbranched alkanes of at least 4 members (excludes halogenated alkanes) is 1. The second kappa shape index (κ2) is 8.73. The zero-order valence-corrected chi connectivity index (χ0v) is 18.4. The van der Waals surface area contributed by atoms with Gasteiger partial charge in [0, 0.05) is 10.0 Å². The quantitative estimate of drug-likeness (QED) is 0.545. The van der Waals surface area contributed by atoms with E-state index in [1.165, 1.54) is 0 Å². The molecule has 0 spiro atoms. The number of nitrogens with zero attached hydrogens (tertiary/aromatic N) is 1. The van der Waals surface area contributed by atoms with Gasteiger partial charge in [-0.1, -0.05) is 48.7 Å². The fourth-order valence-electron chi connectivity index (χ4n) is 3.09. The number of benzene rings is 2. The highest BCUT2D eigenvalue weighted by Gasteiger charge is 2.23. The van der Waals surface area contributed by atoms with E-state index in [4.69, 9.17) is 23.2 Å². The van der Waals surface area contributed by atoms with Crippen LogP contribution >= 0.6 is 23.2 Å². The van der Waals surface area contributed by atoms with Crippen molar-refractivity contribution >= 4 is 50.2 Å². The number of sulfonamides is 1. The van der Waals surface area contributed by atoms with Gasteiger partial charge in [0.15, 0.2) is 0 Å². The first-order valence-electron chi connectivity index (χ1n) is 9.17. The van der Waals surface area contributed by atoms with Crippen molar-refractivity contribution in [3.8, 4) is 0 Å². The first-order valence-corrected chi connectivity index (χ1v) is 11.6. The van der Waals surface area contributed by atoms with E-state index in [0.717, 1.165) is 5.56 Å². The van der Waals surface area contributed by atoms with Gasteiger partial charge in [0.1, 0.15) is 11.3 Å². The number of carbonyl (C=O) groups is 1. The molecule has 6 nitrogen and oxygen atoms in total. The Morgan fingerprint density at radius 1 is 1.17 bits per heavy atom. The van der Waals surface area contributed by atoms with Crippen molar-refractivity contribution in [2.45, 2.75) is 33.1 Å². The highest BCUT2D eigenvalue weighted by atomic mass is 35.5. The predicted octanol–water partition coefficient (Wildman–Crippen LogP) is 4.63. The second-order valence-electron chi connectivity index (χ2n) is 6.83. The van der Waals surface area contributed by atoms with Gasteiger partial charge in [0.25, 0.3) is 5.91 Å². The minimum Gasteiger partial charge on any atom is -0.342 e. The Labute approximate surface area is 179 Å². The maximum absolute atomic E-state index is 13.0. The van der Waals surface area contributed by atoms with Crippen LogP contribution < -0.4 is 4.72 Å². The van der Waals surface area contributed by atoms with Gasteiger partial charge >= 0.3 is 0 Å². The van der Waals surface area contributed by atoms with Crippen molar-refractivity contribution in [2.24, 2.45) is 0 Å². The molecular formula is C20H21Cl2N3O3S. The lowest BCUT2D eigenvalue weighted by molar-refractivity contribution is 0.0982. The Bertz CT molecular complexity index is 1170. The number of aromatic nitrogens is 2. The highest BCUT2D eigenvalue weighted by molar-refractivity contribution is 7.90. The molecule has 0 fully saturated rings. The topological polar surface area (TPSA) is 91.9 Å². The molecule has 0 aliphatic heterocycles. The molecule has 0 saturated carbocycles. The number of H-pyrrole nitrogens is 1. The van der Waals surface area contributed by atoms with Crippen LogP contribution in [-0.2, 0) is 16.4 Å². The van der Waals surface area contributed by atoms with Gasteiger partial charge in [-0.2, -0.15) is 0 Å². The van der Waals surface area contributed by atoms with Crippen molar-refractivity contribution < 1.29 is 13.2 Å². The van der Waals surface area contributed by atoms with Crippen LogP contribution in [0.3, 0.4) is 0 Å². The summed E-state index contributed by atoms with van der Waals surface area (Å²) >= 11 is 12.3. The fraction of sp³-hybridized carbons (Fsp3) is 0.300. The fourth-order valence-corrected chi connectivity index (χ4v) is 4.72. The number of hydrogen-bond acceptors (Lipinski definition) is 4. The average Bonchev–Trinajstić information content (AvgIpc) is 3.01. The average molecular weight is 454 g/mol. The minimum atomic E-state index is -3.74. The molecule has 9 heteroatoms. The molecule has 0 saturated heterocycles. The molecule has 0 radical (unpaired) electrons. The van der Waals surface area contributed by atoms with Gasteiger partial charge < -0.3 is 4.98 Å². The molecule has 0 aliphatic carbocycles. The SMILES string of the molecule is CCCCS(=O)(=O)NC(=O)c1c(Cc2ccc(Cl)cc2Cl)ccc2[nH]c(C)nc12. The van der Waals surface area contributed by atoms with Crippen LogP contribution in [-0.4, -0.2) is 30.0 Å². The Kier molecular flexibility index (Phi) is 6.51. The van der Waals surface area contributed by atoms with Gasteiger partial charge in [0.2, 0.25) is 10.0 Å². The number of fused-ring (bicyclic) bond motifs is 1. The summed E-state index contributed by atoms with van der Waals surface area (Å²) < 4.78 is 26.7. The van der Waals surface area contributed by atoms with E-state index in [1.54, 1.807) is 31.2 Å². The third kappa shape index (κ3) is 5.10. The smallest absolute Gasteiger partial charge is 0.267 e. The Hall–Kier alpha value is -2.09. The number of aryl methyl sites for hydroxylation is 1. The van der Waals surface area contributed by atoms with E-state index in [-0.39, 0.29) is 11.3 Å². The van der Waals surface area contributed by atoms with Gasteiger partial charge in [-0.05, 0) is 49.1 Å². The summed E-state index contributed by atoms with van der Waals surface area (Å²) in [5, 5.41) is 0.981. The van der Waals surface area contributed by atoms with E-state index in [9.17, 15) is 13.2 Å². The van der Waals surface area contributed by atoms with E-state index >= 15 is 0 Å². The molecule has 29 heavy (non-hydrogen) atoms. The van der Waals surface area contributed by atoms with Crippen molar-refractivity contribution in [2.75, 3.05) is 5.75 Å². The molecule has 0 aliphatic rings. The van der Waals surface area contributed by atoms with Crippen molar-refractivity contribution in [1.82, 2.24) is 14.7 Å². The summed E-state index contributed by atoms with van der Waals surface area (Å²) in [5.41, 5.74) is 2.69. The van der Waals surface area contributed by atoms with E-state index in [2.05, 4.69) is 14.7 Å². The molecule has 0 bridgehead atoms. The number of rotatable bonds is 7. The number of nitrogens with one attached hydrogen (secondary N) is 2. The highest BCUT2D eigenvalue weighted by Crippen LogP contribution is 2.27. The molecule has 1 heterocycles. The second-order valence-corrected chi connectivity index (χ2v) is 9.52. The van der Waals surface area contributed by atoms with Crippen LogP contribution in [0.2, 0.25) is 10.0 Å². The van der Waals surface area contributed by atoms with E-state index < -0.39 is 15.9 Å². The Balaban J connectivity index is 2.05. The number of aromatic amines is 1. The molecule has 2 N–H and O–H groups in total. The molecular weight excluding hydrogens is 433 g/mol. The summed E-state index contributed by atoms with van der Waals surface area (Å²) in [4.78, 5) is 20.5. The summed E-state index contributed by atoms with van der Waals surface area (Å²) in [6.45, 7) is 3.66. The summed E-state index contributed by atoms with van der Waals surface area (Å²) in [7, 11) is -3.74. The predicted molar refractivity (Wildman–Crippen MR) is 116 cm³/mol. The number of carbonyl (C=O) groups excluding carboxylic acids is 1. The number of amides is 1. The largest absolute Gasteiger partial charge is 0.342 e. The summed E-state index contributed by atoms with van der Waals surface area (Å²) in [6.07, 6.45) is 1.51. The lowest BCUT2D eigenvalue weighted by atomic mass is 9.98. The molecule has 154 valence electrons. The first-order chi connectivity index (χ1) is 13.7. The monoisotopic (exact) mass is 453 g/mol. The first kappa shape index (κ1) is 21.6. The summed E-state index contributed by atoms with van der Waals surface area (Å²) in [5.74, 6) is -0.175. The molecule has 2 aromatic carbocycles. The zero-order valence-electron chi connectivity index (χ0n) is 16.1. The number of imidazole rings is 1. The van der Waals surface area contributed by atoms with Crippen LogP contribution in [0.25, 0.3) is 11.0 Å². The maximum atomic E-state index is 13.0. The maximum Gasteiger partial charge on any atom is 0.267 e. The lowest BCUT2D eigenvalue weighted by Crippen LogP contribution is -2.33. The van der Waals surface area contributed by atoms with Crippen molar-refractivity contribution in [3.05, 3.63) is 62.9 Å². The van der Waals surface area contributed by atoms with Crippen LogP contribution in [0.5, 0.6) is 0 Å². The summed E-state index contributed by atoms with van der Waals surface area (Å²) in [6, 6.07) is 8.72. The molecule has 3 rings (SSSR count). The zero-order chi connectivity index (χ0) is 21.2. The van der Waals surface area contributed by atoms with Crippen LogP contribution in [0.15, 0.2) is 30.3 Å². The number of halogens is 2. The van der Waals surface area contributed by atoms with Crippen molar-refractivity contribution in [1.29, 1.82) is 0 Å². The molecule has 1 aromatic heterocycles. The molecule has 3 aromatic rings. The van der Waals surface area contributed by atoms with Crippen LogP contribution in [0.1, 0.15) is 47.1 Å². The van der Waals surface area contributed by atoms with Gasteiger partial charge in [-0.25, -0.2) is 18.1 Å². The lowest BCUT2D eigenvalue weighted by Gasteiger charge is -2.12. The molecule has 1 amide bonds. The normalized spacial score (nSPS) is 11.7. The van der Waals surface area contributed by atoms with Crippen LogP contribution in [0, 0.1) is 6.92 Å². The van der Waals surface area contributed by atoms with Crippen LogP contribution in [0.4, 0.5) is 0 Å². The standard InChI is InChI=1S/C20H21Cl2N3O3S/c1-3-4-9-29(27,28)25-20(26)18-14(6-8-17-19(18)24-12(2)23-17)10-13-5-7-15(21)11-16(13)22/h5-8,11H,3-4,9-10H2,1-2H3,(H,23,24)(H,25,26). The molecule has 0 atom stereocenters. The van der Waals surface area contributed by atoms with E-state index in [1.807, 2.05) is 13.0 Å². The van der Waals surface area contributed by atoms with Gasteiger partial charge in [-0.15, -0.1) is 0 Å². The van der Waals surface area contributed by atoms with E-state index in [0.29, 0.717) is 51.7 Å². The van der Waals surface area contributed by atoms with Crippen molar-refractivity contribution in [3.63, 3.8) is 0 Å². The Morgan fingerprint density at radius 2 is 1.90 bits per heavy atom. The third-order valence-corrected chi connectivity index (χ3v) is 6.41. The minimum absolute atomic E-state index is 0.108. The molecule has 0 unspecified atom stereocenters.